The lowest BCUT2D eigenvalue weighted by atomic mass is 10.0. The molecule has 1 N–H and O–H groups in total. The predicted molar refractivity (Wildman–Crippen MR) is 101 cm³/mol. The SMILES string of the molecule is O=C1C[C@H]2N(Cc3cccc(O)c3Cl)CC[C@]23OC[C@@H](c2ccccc2)N13. The number of likely N-dealkylation sites (tertiary alicyclic amines) is 1. The van der Waals surface area contributed by atoms with E-state index >= 15 is 0 Å². The van der Waals surface area contributed by atoms with Crippen molar-refractivity contribution in [2.45, 2.75) is 37.2 Å². The number of ether oxygens (including phenoxy) is 1. The molecule has 5 rings (SSSR count). The van der Waals surface area contributed by atoms with Crippen LogP contribution in [0.2, 0.25) is 5.02 Å². The highest BCUT2D eigenvalue weighted by Gasteiger charge is 2.64. The number of carbonyl (C=O) groups is 1. The van der Waals surface area contributed by atoms with E-state index in [4.69, 9.17) is 16.3 Å². The van der Waals surface area contributed by atoms with Crippen molar-refractivity contribution < 1.29 is 14.6 Å². The zero-order valence-electron chi connectivity index (χ0n) is 14.8. The maximum absolute atomic E-state index is 12.9. The molecule has 0 aliphatic carbocycles. The highest BCUT2D eigenvalue weighted by molar-refractivity contribution is 6.32. The highest BCUT2D eigenvalue weighted by atomic mass is 35.5. The molecule has 0 saturated carbocycles. The van der Waals surface area contributed by atoms with Gasteiger partial charge in [-0.2, -0.15) is 0 Å². The summed E-state index contributed by atoms with van der Waals surface area (Å²) in [6.45, 7) is 1.97. The van der Waals surface area contributed by atoms with Crippen molar-refractivity contribution in [2.24, 2.45) is 0 Å². The van der Waals surface area contributed by atoms with Gasteiger partial charge in [-0.1, -0.05) is 54.1 Å². The normalized spacial score (nSPS) is 30.0. The molecule has 0 aromatic heterocycles. The quantitative estimate of drug-likeness (QED) is 0.882. The minimum atomic E-state index is -0.541. The van der Waals surface area contributed by atoms with Crippen LogP contribution in [0.3, 0.4) is 0 Å². The summed E-state index contributed by atoms with van der Waals surface area (Å²) in [5.74, 6) is 0.242. The van der Waals surface area contributed by atoms with Crippen LogP contribution in [0, 0.1) is 0 Å². The summed E-state index contributed by atoms with van der Waals surface area (Å²) in [6, 6.07) is 15.4. The van der Waals surface area contributed by atoms with E-state index in [2.05, 4.69) is 17.0 Å². The van der Waals surface area contributed by atoms with Crippen molar-refractivity contribution in [1.29, 1.82) is 0 Å². The van der Waals surface area contributed by atoms with Crippen LogP contribution in [0.4, 0.5) is 0 Å². The molecule has 3 heterocycles. The Balaban J connectivity index is 1.43. The molecule has 3 aliphatic heterocycles. The minimum Gasteiger partial charge on any atom is -0.506 e. The Hall–Kier alpha value is -2.08. The molecule has 1 spiro atoms. The Bertz CT molecular complexity index is 890. The molecular formula is C21H21ClN2O3. The van der Waals surface area contributed by atoms with Gasteiger partial charge >= 0.3 is 0 Å². The zero-order valence-corrected chi connectivity index (χ0v) is 15.6. The zero-order chi connectivity index (χ0) is 18.6. The standard InChI is InChI=1S/C21H21ClN2O3/c22-20-15(7-4-8-17(20)25)12-23-10-9-21-18(23)11-19(26)24(21)16(13-27-21)14-5-2-1-3-6-14/h1-8,16,18,25H,9-13H2/t16-,18+,21-/m0/s1. The van der Waals surface area contributed by atoms with Gasteiger partial charge in [-0.25, -0.2) is 0 Å². The molecule has 1 amide bonds. The maximum Gasteiger partial charge on any atom is 0.227 e. The topological polar surface area (TPSA) is 53.0 Å². The fourth-order valence-electron chi connectivity index (χ4n) is 4.95. The fourth-order valence-corrected chi connectivity index (χ4v) is 5.13. The second-order valence-corrected chi connectivity index (χ2v) is 7.91. The van der Waals surface area contributed by atoms with Crippen LogP contribution in [0.1, 0.15) is 30.0 Å². The fraction of sp³-hybridized carbons (Fsp3) is 0.381. The largest absolute Gasteiger partial charge is 0.506 e. The van der Waals surface area contributed by atoms with Crippen molar-refractivity contribution in [3.63, 3.8) is 0 Å². The van der Waals surface area contributed by atoms with Gasteiger partial charge < -0.3 is 14.7 Å². The highest BCUT2D eigenvalue weighted by Crippen LogP contribution is 2.52. The maximum atomic E-state index is 12.9. The Labute approximate surface area is 163 Å². The molecule has 0 radical (unpaired) electrons. The molecule has 3 fully saturated rings. The van der Waals surface area contributed by atoms with E-state index in [1.807, 2.05) is 29.2 Å². The molecule has 2 aromatic rings. The number of hydrogen-bond acceptors (Lipinski definition) is 4. The number of benzene rings is 2. The van der Waals surface area contributed by atoms with Gasteiger partial charge in [0.15, 0.2) is 5.72 Å². The molecular weight excluding hydrogens is 364 g/mol. The summed E-state index contributed by atoms with van der Waals surface area (Å²) in [4.78, 5) is 17.2. The lowest BCUT2D eigenvalue weighted by Gasteiger charge is -2.33. The third-order valence-corrected chi connectivity index (χ3v) is 6.62. The first-order valence-corrected chi connectivity index (χ1v) is 9.69. The third kappa shape index (κ3) is 2.49. The van der Waals surface area contributed by atoms with Gasteiger partial charge in [0.25, 0.3) is 0 Å². The van der Waals surface area contributed by atoms with Crippen LogP contribution < -0.4 is 0 Å². The first kappa shape index (κ1) is 17.0. The van der Waals surface area contributed by atoms with Gasteiger partial charge in [0, 0.05) is 25.9 Å². The number of phenolic OH excluding ortho intramolecular Hbond substituents is 1. The summed E-state index contributed by atoms with van der Waals surface area (Å²) in [7, 11) is 0. The first-order valence-electron chi connectivity index (χ1n) is 9.31. The van der Waals surface area contributed by atoms with Crippen LogP contribution in [0.5, 0.6) is 5.75 Å². The number of halogens is 1. The average molecular weight is 385 g/mol. The number of amides is 1. The number of rotatable bonds is 3. The Morgan fingerprint density at radius 3 is 2.81 bits per heavy atom. The van der Waals surface area contributed by atoms with Gasteiger partial charge in [0.1, 0.15) is 5.75 Å². The van der Waals surface area contributed by atoms with Crippen molar-refractivity contribution in [2.75, 3.05) is 13.2 Å². The van der Waals surface area contributed by atoms with Gasteiger partial charge in [0.05, 0.1) is 23.7 Å². The molecule has 3 atom stereocenters. The van der Waals surface area contributed by atoms with E-state index in [9.17, 15) is 9.90 Å². The second kappa shape index (κ2) is 6.23. The van der Waals surface area contributed by atoms with E-state index in [1.165, 1.54) is 0 Å². The van der Waals surface area contributed by atoms with Gasteiger partial charge in [-0.3, -0.25) is 9.69 Å². The van der Waals surface area contributed by atoms with E-state index in [1.54, 1.807) is 12.1 Å². The summed E-state index contributed by atoms with van der Waals surface area (Å²) >= 11 is 6.27. The van der Waals surface area contributed by atoms with Crippen LogP contribution in [-0.4, -0.2) is 45.7 Å². The van der Waals surface area contributed by atoms with Crippen LogP contribution in [-0.2, 0) is 16.1 Å². The second-order valence-electron chi connectivity index (χ2n) is 7.54. The van der Waals surface area contributed by atoms with Gasteiger partial charge in [-0.05, 0) is 17.2 Å². The lowest BCUT2D eigenvalue weighted by molar-refractivity contribution is -0.138. The Kier molecular flexibility index (Phi) is 3.93. The molecule has 140 valence electrons. The van der Waals surface area contributed by atoms with Crippen molar-refractivity contribution >= 4 is 17.5 Å². The van der Waals surface area contributed by atoms with Crippen LogP contribution in [0.25, 0.3) is 0 Å². The summed E-state index contributed by atoms with van der Waals surface area (Å²) < 4.78 is 6.33. The molecule has 3 aliphatic rings. The predicted octanol–water partition coefficient (Wildman–Crippen LogP) is 3.32. The van der Waals surface area contributed by atoms with E-state index in [0.717, 1.165) is 24.1 Å². The van der Waals surface area contributed by atoms with Crippen molar-refractivity contribution in [3.05, 3.63) is 64.7 Å². The number of hydrogen-bond donors (Lipinski definition) is 1. The molecule has 3 saturated heterocycles. The monoisotopic (exact) mass is 384 g/mol. The Morgan fingerprint density at radius 1 is 1.19 bits per heavy atom. The van der Waals surface area contributed by atoms with Gasteiger partial charge in [0.2, 0.25) is 5.91 Å². The lowest BCUT2D eigenvalue weighted by Crippen LogP contribution is -2.48. The molecule has 0 bridgehead atoms. The summed E-state index contributed by atoms with van der Waals surface area (Å²) in [6.07, 6.45) is 1.25. The first-order chi connectivity index (χ1) is 13.1. The molecule has 6 heteroatoms. The van der Waals surface area contributed by atoms with Crippen LogP contribution in [0.15, 0.2) is 48.5 Å². The smallest absolute Gasteiger partial charge is 0.227 e. The molecule has 5 nitrogen and oxygen atoms in total. The Morgan fingerprint density at radius 2 is 2.00 bits per heavy atom. The number of phenols is 1. The van der Waals surface area contributed by atoms with Crippen molar-refractivity contribution in [3.8, 4) is 5.75 Å². The third-order valence-electron chi connectivity index (χ3n) is 6.18. The molecule has 2 aromatic carbocycles. The molecule has 27 heavy (non-hydrogen) atoms. The number of aromatic hydroxyl groups is 1. The number of carbonyl (C=O) groups excluding carboxylic acids is 1. The minimum absolute atomic E-state index is 0.0112. The average Bonchev–Trinajstić information content (AvgIpc) is 3.30. The van der Waals surface area contributed by atoms with Crippen molar-refractivity contribution in [1.82, 2.24) is 9.80 Å². The summed E-state index contributed by atoms with van der Waals surface area (Å²) in [5, 5.41) is 10.3. The van der Waals surface area contributed by atoms with E-state index in [0.29, 0.717) is 24.6 Å². The van der Waals surface area contributed by atoms with E-state index in [-0.39, 0.29) is 23.7 Å². The van der Waals surface area contributed by atoms with Gasteiger partial charge in [-0.15, -0.1) is 0 Å². The summed E-state index contributed by atoms with van der Waals surface area (Å²) in [5.41, 5.74) is 1.45. The number of nitrogens with zero attached hydrogens (tertiary/aromatic N) is 2. The van der Waals surface area contributed by atoms with Crippen LogP contribution >= 0.6 is 11.6 Å². The van der Waals surface area contributed by atoms with E-state index < -0.39 is 5.72 Å². The molecule has 0 unspecified atom stereocenters.